The molecule has 5 rings (SSSR count). The van der Waals surface area contributed by atoms with Crippen LogP contribution in [0.5, 0.6) is 0 Å². The highest BCUT2D eigenvalue weighted by Crippen LogP contribution is 2.26. The van der Waals surface area contributed by atoms with E-state index in [2.05, 4.69) is 56.4 Å². The molecule has 0 saturated heterocycles. The van der Waals surface area contributed by atoms with Gasteiger partial charge in [0, 0.05) is 59.9 Å². The lowest BCUT2D eigenvalue weighted by atomic mass is 10.1. The van der Waals surface area contributed by atoms with Crippen molar-refractivity contribution < 1.29 is 4.39 Å². The highest BCUT2D eigenvalue weighted by molar-refractivity contribution is 5.86. The Hall–Kier alpha value is -3.67. The fourth-order valence-electron chi connectivity index (χ4n) is 4.24. The second-order valence-corrected chi connectivity index (χ2v) is 7.98. The number of nitrogens with one attached hydrogen (secondary N) is 1. The van der Waals surface area contributed by atoms with Gasteiger partial charge in [-0.05, 0) is 49.7 Å². The van der Waals surface area contributed by atoms with Gasteiger partial charge in [0.2, 0.25) is 0 Å². The summed E-state index contributed by atoms with van der Waals surface area (Å²) in [6, 6.07) is 15.8. The Kier molecular flexibility index (Phi) is 4.70. The molecule has 0 aliphatic rings. The maximum Gasteiger partial charge on any atom is 0.147 e. The second kappa shape index (κ2) is 7.54. The molecule has 0 amide bonds. The van der Waals surface area contributed by atoms with E-state index in [0.29, 0.717) is 18.6 Å². The summed E-state index contributed by atoms with van der Waals surface area (Å²) in [7, 11) is 2.04. The largest absolute Gasteiger partial charge is 0.368 e. The number of aryl methyl sites for hydroxylation is 3. The van der Waals surface area contributed by atoms with Crippen LogP contribution in [-0.2, 0) is 13.6 Å². The second-order valence-electron chi connectivity index (χ2n) is 7.98. The van der Waals surface area contributed by atoms with Gasteiger partial charge in [0.25, 0.3) is 0 Å². The molecule has 5 nitrogen and oxygen atoms in total. The summed E-state index contributed by atoms with van der Waals surface area (Å²) < 4.78 is 18.6. The van der Waals surface area contributed by atoms with Gasteiger partial charge in [0.15, 0.2) is 0 Å². The molecule has 0 aliphatic heterocycles. The summed E-state index contributed by atoms with van der Waals surface area (Å²) in [4.78, 5) is 8.80. The third-order valence-corrected chi connectivity index (χ3v) is 5.92. The first-order chi connectivity index (χ1) is 15.0. The van der Waals surface area contributed by atoms with Crippen molar-refractivity contribution in [2.75, 3.05) is 11.9 Å². The molecule has 1 N–H and O–H groups in total. The maximum atomic E-state index is 14.5. The first-order valence-corrected chi connectivity index (χ1v) is 10.4. The third kappa shape index (κ3) is 3.44. The number of fused-ring (bicyclic) bond motifs is 2. The van der Waals surface area contributed by atoms with Gasteiger partial charge in [-0.15, -0.1) is 0 Å². The van der Waals surface area contributed by atoms with Crippen molar-refractivity contribution in [1.29, 1.82) is 0 Å². The van der Waals surface area contributed by atoms with Crippen LogP contribution in [0.15, 0.2) is 61.1 Å². The molecule has 31 heavy (non-hydrogen) atoms. The van der Waals surface area contributed by atoms with E-state index < -0.39 is 0 Å². The molecule has 0 radical (unpaired) electrons. The average molecular weight is 414 g/mol. The van der Waals surface area contributed by atoms with Crippen LogP contribution in [0.3, 0.4) is 0 Å². The fraction of sp³-hybridized carbons (Fsp3) is 0.200. The van der Waals surface area contributed by atoms with Crippen LogP contribution in [-0.4, -0.2) is 25.6 Å². The summed E-state index contributed by atoms with van der Waals surface area (Å²) in [5.74, 6) is 0.568. The molecule has 0 aliphatic carbocycles. The van der Waals surface area contributed by atoms with Gasteiger partial charge in [0.05, 0.1) is 11.2 Å². The Morgan fingerprint density at radius 2 is 1.87 bits per heavy atom. The number of rotatable bonds is 5. The minimum Gasteiger partial charge on any atom is -0.368 e. The fourth-order valence-corrected chi connectivity index (χ4v) is 4.24. The average Bonchev–Trinajstić information content (AvgIpc) is 3.31. The highest BCUT2D eigenvalue weighted by atomic mass is 19.1. The van der Waals surface area contributed by atoms with Crippen molar-refractivity contribution in [3.05, 3.63) is 78.1 Å². The zero-order valence-electron chi connectivity index (χ0n) is 17.9. The molecular weight excluding hydrogens is 389 g/mol. The van der Waals surface area contributed by atoms with Gasteiger partial charge in [-0.2, -0.15) is 0 Å². The van der Waals surface area contributed by atoms with E-state index in [-0.39, 0.29) is 5.82 Å². The van der Waals surface area contributed by atoms with Gasteiger partial charge in [-0.3, -0.25) is 0 Å². The molecule has 0 fully saturated rings. The SMILES string of the molecule is Cc1ccc(F)c2c1cc(C)n2CCNc1cc(-c2ccc3c(ccn3C)c2)ncn1. The topological polar surface area (TPSA) is 47.7 Å². The smallest absolute Gasteiger partial charge is 0.147 e. The minimum atomic E-state index is -0.186. The minimum absolute atomic E-state index is 0.186. The Labute approximate surface area is 180 Å². The third-order valence-electron chi connectivity index (χ3n) is 5.92. The Morgan fingerprint density at radius 1 is 1.00 bits per heavy atom. The van der Waals surface area contributed by atoms with Crippen LogP contribution in [0, 0.1) is 19.7 Å². The molecule has 5 aromatic rings. The highest BCUT2D eigenvalue weighted by Gasteiger charge is 2.12. The van der Waals surface area contributed by atoms with Gasteiger partial charge in [-0.25, -0.2) is 14.4 Å². The molecule has 156 valence electrons. The van der Waals surface area contributed by atoms with Crippen molar-refractivity contribution in [1.82, 2.24) is 19.1 Å². The molecule has 0 atom stereocenters. The number of aromatic nitrogens is 4. The van der Waals surface area contributed by atoms with E-state index in [1.807, 2.05) is 37.6 Å². The van der Waals surface area contributed by atoms with E-state index in [0.717, 1.165) is 33.7 Å². The monoisotopic (exact) mass is 413 g/mol. The zero-order valence-corrected chi connectivity index (χ0v) is 17.9. The molecule has 3 heterocycles. The number of nitrogens with zero attached hydrogens (tertiary/aromatic N) is 4. The molecule has 3 aromatic heterocycles. The summed E-state index contributed by atoms with van der Waals surface area (Å²) in [5, 5.41) is 5.51. The van der Waals surface area contributed by atoms with Crippen molar-refractivity contribution in [2.24, 2.45) is 7.05 Å². The molecular formula is C25H24FN5. The van der Waals surface area contributed by atoms with E-state index in [9.17, 15) is 4.39 Å². The lowest BCUT2D eigenvalue weighted by molar-refractivity contribution is 0.621. The van der Waals surface area contributed by atoms with Gasteiger partial charge in [-0.1, -0.05) is 12.1 Å². The first-order valence-electron chi connectivity index (χ1n) is 10.4. The van der Waals surface area contributed by atoms with Crippen LogP contribution >= 0.6 is 0 Å². The molecule has 0 bridgehead atoms. The first kappa shape index (κ1) is 19.3. The number of anilines is 1. The summed E-state index contributed by atoms with van der Waals surface area (Å²) in [6.07, 6.45) is 3.63. The van der Waals surface area contributed by atoms with Crippen LogP contribution in [0.4, 0.5) is 10.2 Å². The summed E-state index contributed by atoms with van der Waals surface area (Å²) in [6.45, 7) is 5.30. The quantitative estimate of drug-likeness (QED) is 0.416. The molecule has 2 aromatic carbocycles. The Balaban J connectivity index is 1.35. The maximum absolute atomic E-state index is 14.5. The lowest BCUT2D eigenvalue weighted by Crippen LogP contribution is -2.13. The summed E-state index contributed by atoms with van der Waals surface area (Å²) >= 11 is 0. The molecule has 6 heteroatoms. The van der Waals surface area contributed by atoms with Crippen molar-refractivity contribution in [3.8, 4) is 11.3 Å². The van der Waals surface area contributed by atoms with Crippen molar-refractivity contribution in [3.63, 3.8) is 0 Å². The van der Waals surface area contributed by atoms with E-state index >= 15 is 0 Å². The van der Waals surface area contributed by atoms with E-state index in [1.165, 1.54) is 10.9 Å². The van der Waals surface area contributed by atoms with Crippen molar-refractivity contribution in [2.45, 2.75) is 20.4 Å². The van der Waals surface area contributed by atoms with Gasteiger partial charge in [0.1, 0.15) is 18.0 Å². The molecule has 0 unspecified atom stereocenters. The molecule has 0 saturated carbocycles. The van der Waals surface area contributed by atoms with Crippen LogP contribution in [0.2, 0.25) is 0 Å². The zero-order chi connectivity index (χ0) is 21.5. The van der Waals surface area contributed by atoms with Crippen molar-refractivity contribution >= 4 is 27.6 Å². The Bertz CT molecular complexity index is 1410. The van der Waals surface area contributed by atoms with E-state index in [1.54, 1.807) is 12.4 Å². The standard InChI is InChI=1S/C25H24FN5/c1-16-4-6-21(26)25-20(16)12-17(2)31(25)11-9-27-24-14-22(28-15-29-24)18-5-7-23-19(13-18)8-10-30(23)3/h4-8,10,12-15H,9,11H2,1-3H3,(H,27,28,29). The lowest BCUT2D eigenvalue weighted by Gasteiger charge is -2.11. The predicted molar refractivity (Wildman–Crippen MR) is 124 cm³/mol. The van der Waals surface area contributed by atoms with Crippen LogP contribution < -0.4 is 5.32 Å². The van der Waals surface area contributed by atoms with E-state index in [4.69, 9.17) is 0 Å². The number of halogens is 1. The predicted octanol–water partition coefficient (Wildman–Crippen LogP) is 5.46. The number of benzene rings is 2. The van der Waals surface area contributed by atoms with Gasteiger partial charge >= 0.3 is 0 Å². The van der Waals surface area contributed by atoms with Gasteiger partial charge < -0.3 is 14.5 Å². The number of hydrogen-bond acceptors (Lipinski definition) is 3. The normalized spacial score (nSPS) is 11.5. The number of hydrogen-bond donors (Lipinski definition) is 1. The van der Waals surface area contributed by atoms with Crippen LogP contribution in [0.1, 0.15) is 11.3 Å². The Morgan fingerprint density at radius 3 is 2.74 bits per heavy atom. The van der Waals surface area contributed by atoms with Crippen LogP contribution in [0.25, 0.3) is 33.1 Å². The summed E-state index contributed by atoms with van der Waals surface area (Å²) in [5.41, 5.74) is 5.90. The molecule has 0 spiro atoms.